The van der Waals surface area contributed by atoms with Crippen molar-refractivity contribution in [2.24, 2.45) is 5.10 Å². The smallest absolute Gasteiger partial charge is 0.275 e. The maximum Gasteiger partial charge on any atom is 0.275 e. The molecule has 0 fully saturated rings. The van der Waals surface area contributed by atoms with Crippen LogP contribution < -0.4 is 25.0 Å². The molecule has 0 saturated heterocycles. The lowest BCUT2D eigenvalue weighted by atomic mass is 10.2. The molecule has 0 heterocycles. The zero-order chi connectivity index (χ0) is 24.5. The molecule has 8 nitrogen and oxygen atoms in total. The normalized spacial score (nSPS) is 10.6. The van der Waals surface area contributed by atoms with Gasteiger partial charge >= 0.3 is 0 Å². The number of anilines is 1. The third-order valence-corrected chi connectivity index (χ3v) is 5.16. The molecule has 0 bridgehead atoms. The molecule has 0 aliphatic heterocycles. The highest BCUT2D eigenvalue weighted by molar-refractivity contribution is 9.10. The van der Waals surface area contributed by atoms with E-state index in [0.29, 0.717) is 34.1 Å². The number of nitrogens with zero attached hydrogens (tertiary/aromatic N) is 1. The summed E-state index contributed by atoms with van der Waals surface area (Å²) in [6.45, 7) is 1.80. The number of nitrogens with one attached hydrogen (secondary N) is 2. The predicted octanol–water partition coefficient (Wildman–Crippen LogP) is 4.56. The van der Waals surface area contributed by atoms with Crippen molar-refractivity contribution in [2.45, 2.75) is 6.92 Å². The molecule has 34 heavy (non-hydrogen) atoms. The van der Waals surface area contributed by atoms with Crippen LogP contribution in [0.2, 0.25) is 0 Å². The highest BCUT2D eigenvalue weighted by Crippen LogP contribution is 2.27. The molecule has 0 aliphatic rings. The Morgan fingerprint density at radius 3 is 2.35 bits per heavy atom. The third-order valence-electron chi connectivity index (χ3n) is 4.67. The Labute approximate surface area is 206 Å². The van der Waals surface area contributed by atoms with Crippen LogP contribution in [0.4, 0.5) is 5.69 Å². The molecule has 0 atom stereocenters. The molecule has 2 N–H and O–H groups in total. The molecular weight excluding hydrogens is 502 g/mol. The summed E-state index contributed by atoms with van der Waals surface area (Å²) in [6, 6.07) is 17.7. The van der Waals surface area contributed by atoms with E-state index in [1.54, 1.807) is 36.4 Å². The lowest BCUT2D eigenvalue weighted by Crippen LogP contribution is -2.20. The monoisotopic (exact) mass is 525 g/mol. The first-order valence-corrected chi connectivity index (χ1v) is 11.0. The summed E-state index contributed by atoms with van der Waals surface area (Å²) in [5.41, 5.74) is 5.28. The summed E-state index contributed by atoms with van der Waals surface area (Å²) in [6.07, 6.45) is 1.47. The molecule has 3 rings (SSSR count). The largest absolute Gasteiger partial charge is 0.496 e. The van der Waals surface area contributed by atoms with Crippen molar-refractivity contribution in [3.8, 4) is 17.2 Å². The van der Waals surface area contributed by atoms with E-state index in [-0.39, 0.29) is 12.5 Å². The average Bonchev–Trinajstić information content (AvgIpc) is 2.84. The highest BCUT2D eigenvalue weighted by Gasteiger charge is 2.12. The molecule has 0 aromatic heterocycles. The van der Waals surface area contributed by atoms with E-state index in [9.17, 15) is 9.59 Å². The van der Waals surface area contributed by atoms with Gasteiger partial charge in [0.2, 0.25) is 0 Å². The van der Waals surface area contributed by atoms with Crippen LogP contribution in [0.1, 0.15) is 21.5 Å². The van der Waals surface area contributed by atoms with Crippen molar-refractivity contribution < 1.29 is 23.8 Å². The molecular formula is C25H24BrN3O5. The second-order valence-corrected chi connectivity index (χ2v) is 8.07. The number of hydrogen-bond acceptors (Lipinski definition) is 6. The standard InChI is InChI=1S/C25H24BrN3O5/c1-16-4-8-19(9-5-16)28-24(30)15-34-22-10-6-17(12-23(22)33-3)14-27-29-25(31)20-13-18(26)7-11-21(20)32-2/h4-14H,15H2,1-3H3,(H,28,30)(H,29,31)/b27-14+. The fourth-order valence-electron chi connectivity index (χ4n) is 2.94. The first-order chi connectivity index (χ1) is 16.4. The zero-order valence-electron chi connectivity index (χ0n) is 18.9. The lowest BCUT2D eigenvalue weighted by molar-refractivity contribution is -0.118. The quantitative estimate of drug-likeness (QED) is 0.315. The van der Waals surface area contributed by atoms with E-state index < -0.39 is 5.91 Å². The Bertz CT molecular complexity index is 1200. The molecule has 0 unspecified atom stereocenters. The Morgan fingerprint density at radius 2 is 1.65 bits per heavy atom. The molecule has 0 radical (unpaired) electrons. The fraction of sp³-hybridized carbons (Fsp3) is 0.160. The number of halogens is 1. The predicted molar refractivity (Wildman–Crippen MR) is 134 cm³/mol. The minimum atomic E-state index is -0.416. The number of hydrazone groups is 1. The van der Waals surface area contributed by atoms with Crippen LogP contribution in [0.5, 0.6) is 17.2 Å². The number of hydrogen-bond donors (Lipinski definition) is 2. The van der Waals surface area contributed by atoms with Gasteiger partial charge in [0.1, 0.15) is 5.75 Å². The van der Waals surface area contributed by atoms with Gasteiger partial charge in [0.05, 0.1) is 26.0 Å². The number of methoxy groups -OCH3 is 2. The number of ether oxygens (including phenoxy) is 3. The number of aryl methyl sites for hydroxylation is 1. The van der Waals surface area contributed by atoms with Crippen molar-refractivity contribution in [1.82, 2.24) is 5.43 Å². The summed E-state index contributed by atoms with van der Waals surface area (Å²) in [7, 11) is 2.99. The van der Waals surface area contributed by atoms with E-state index in [0.717, 1.165) is 10.0 Å². The Hall–Kier alpha value is -3.85. The molecule has 3 aromatic rings. The van der Waals surface area contributed by atoms with Gasteiger partial charge in [-0.05, 0) is 61.0 Å². The van der Waals surface area contributed by atoms with Crippen LogP contribution >= 0.6 is 15.9 Å². The minimum Gasteiger partial charge on any atom is -0.496 e. The lowest BCUT2D eigenvalue weighted by Gasteiger charge is -2.11. The summed E-state index contributed by atoms with van der Waals surface area (Å²) in [5, 5.41) is 6.77. The van der Waals surface area contributed by atoms with Crippen molar-refractivity contribution in [1.29, 1.82) is 0 Å². The van der Waals surface area contributed by atoms with Crippen molar-refractivity contribution in [2.75, 3.05) is 26.1 Å². The van der Waals surface area contributed by atoms with Crippen LogP contribution in [0.3, 0.4) is 0 Å². The van der Waals surface area contributed by atoms with Crippen molar-refractivity contribution in [3.05, 3.63) is 81.8 Å². The first-order valence-electron chi connectivity index (χ1n) is 10.2. The Morgan fingerprint density at radius 1 is 0.941 bits per heavy atom. The summed E-state index contributed by atoms with van der Waals surface area (Å²) < 4.78 is 16.9. The van der Waals surface area contributed by atoms with Crippen molar-refractivity contribution in [3.63, 3.8) is 0 Å². The summed E-state index contributed by atoms with van der Waals surface area (Å²) >= 11 is 3.34. The first kappa shape index (κ1) is 24.8. The Balaban J connectivity index is 1.59. The maximum atomic E-state index is 12.4. The van der Waals surface area contributed by atoms with Gasteiger partial charge in [-0.15, -0.1) is 0 Å². The molecule has 0 saturated carbocycles. The molecule has 9 heteroatoms. The second kappa shape index (κ2) is 11.9. The van der Waals surface area contributed by atoms with Crippen LogP contribution in [-0.4, -0.2) is 38.9 Å². The van der Waals surface area contributed by atoms with E-state index >= 15 is 0 Å². The van der Waals surface area contributed by atoms with E-state index in [4.69, 9.17) is 14.2 Å². The SMILES string of the molecule is COc1cc(/C=N/NC(=O)c2cc(Br)ccc2OC)ccc1OCC(=O)Nc1ccc(C)cc1. The van der Waals surface area contributed by atoms with E-state index in [1.807, 2.05) is 31.2 Å². The van der Waals surface area contributed by atoms with Crippen LogP contribution in [-0.2, 0) is 4.79 Å². The van der Waals surface area contributed by atoms with Gasteiger partial charge in [-0.2, -0.15) is 5.10 Å². The van der Waals surface area contributed by atoms with Gasteiger partial charge in [0, 0.05) is 10.2 Å². The van der Waals surface area contributed by atoms with Gasteiger partial charge in [0.25, 0.3) is 11.8 Å². The molecule has 176 valence electrons. The molecule has 0 spiro atoms. The number of carbonyl (C=O) groups is 2. The van der Waals surface area contributed by atoms with Gasteiger partial charge in [-0.1, -0.05) is 33.6 Å². The van der Waals surface area contributed by atoms with Gasteiger partial charge < -0.3 is 19.5 Å². The summed E-state index contributed by atoms with van der Waals surface area (Å²) in [4.78, 5) is 24.6. The number of amides is 2. The molecule has 3 aromatic carbocycles. The highest BCUT2D eigenvalue weighted by atomic mass is 79.9. The van der Waals surface area contributed by atoms with Gasteiger partial charge in [-0.25, -0.2) is 5.43 Å². The number of rotatable bonds is 9. The second-order valence-electron chi connectivity index (χ2n) is 7.16. The number of carbonyl (C=O) groups excluding carboxylic acids is 2. The van der Waals surface area contributed by atoms with Crippen LogP contribution in [0, 0.1) is 6.92 Å². The number of benzene rings is 3. The minimum absolute atomic E-state index is 0.178. The van der Waals surface area contributed by atoms with Gasteiger partial charge in [-0.3, -0.25) is 9.59 Å². The van der Waals surface area contributed by atoms with Gasteiger partial charge in [0.15, 0.2) is 18.1 Å². The summed E-state index contributed by atoms with van der Waals surface area (Å²) in [5.74, 6) is 0.558. The van der Waals surface area contributed by atoms with Crippen LogP contribution in [0.15, 0.2) is 70.2 Å². The van der Waals surface area contributed by atoms with Crippen molar-refractivity contribution >= 4 is 39.6 Å². The average molecular weight is 526 g/mol. The molecule has 0 aliphatic carbocycles. The Kier molecular flexibility index (Phi) is 8.64. The molecule has 2 amide bonds. The van der Waals surface area contributed by atoms with E-state index in [2.05, 4.69) is 31.8 Å². The van der Waals surface area contributed by atoms with Crippen LogP contribution in [0.25, 0.3) is 0 Å². The fourth-order valence-corrected chi connectivity index (χ4v) is 3.31. The topological polar surface area (TPSA) is 98.2 Å². The zero-order valence-corrected chi connectivity index (χ0v) is 20.5. The van der Waals surface area contributed by atoms with E-state index in [1.165, 1.54) is 20.4 Å². The third kappa shape index (κ3) is 6.82. The maximum absolute atomic E-state index is 12.4.